The highest BCUT2D eigenvalue weighted by Gasteiger charge is 2.20. The molecular formula is C33H21F3. The van der Waals surface area contributed by atoms with Crippen molar-refractivity contribution >= 4 is 0 Å². The maximum absolute atomic E-state index is 14.9. The minimum Gasteiger partial charge on any atom is -0.205 e. The monoisotopic (exact) mass is 474 g/mol. The van der Waals surface area contributed by atoms with Crippen LogP contribution in [-0.2, 0) is 0 Å². The van der Waals surface area contributed by atoms with E-state index in [0.29, 0.717) is 11.1 Å². The summed E-state index contributed by atoms with van der Waals surface area (Å²) >= 11 is 0. The van der Waals surface area contributed by atoms with E-state index in [-0.39, 0.29) is 11.1 Å². The van der Waals surface area contributed by atoms with E-state index in [1.807, 2.05) is 50.2 Å². The van der Waals surface area contributed by atoms with Crippen molar-refractivity contribution < 1.29 is 13.2 Å². The zero-order valence-electron chi connectivity index (χ0n) is 20.1. The Labute approximate surface area is 209 Å². The molecule has 36 heavy (non-hydrogen) atoms. The summed E-state index contributed by atoms with van der Waals surface area (Å²) < 4.78 is 44.4. The third-order valence-electron chi connectivity index (χ3n) is 5.56. The van der Waals surface area contributed by atoms with E-state index in [1.54, 1.807) is 36.4 Å². The van der Waals surface area contributed by atoms with Gasteiger partial charge in [0.05, 0.1) is 11.1 Å². The van der Waals surface area contributed by atoms with Crippen LogP contribution in [0.2, 0.25) is 0 Å². The summed E-state index contributed by atoms with van der Waals surface area (Å²) in [5.74, 6) is 13.1. The number of aryl methyl sites for hydroxylation is 2. The van der Waals surface area contributed by atoms with Crippen LogP contribution >= 0.6 is 0 Å². The molecule has 4 rings (SSSR count). The lowest BCUT2D eigenvalue weighted by atomic mass is 10.0. The van der Waals surface area contributed by atoms with E-state index in [9.17, 15) is 13.2 Å². The summed E-state index contributed by atoms with van der Waals surface area (Å²) in [6, 6.07) is 22.1. The zero-order chi connectivity index (χ0) is 25.7. The second-order valence-corrected chi connectivity index (χ2v) is 8.38. The van der Waals surface area contributed by atoms with Gasteiger partial charge in [-0.15, -0.1) is 0 Å². The molecule has 0 amide bonds. The summed E-state index contributed by atoms with van der Waals surface area (Å²) in [6.45, 7) is 5.31. The predicted octanol–water partition coefficient (Wildman–Crippen LogP) is 7.23. The van der Waals surface area contributed by atoms with Gasteiger partial charge in [-0.3, -0.25) is 0 Å². The fourth-order valence-corrected chi connectivity index (χ4v) is 3.36. The third-order valence-corrected chi connectivity index (χ3v) is 5.56. The fourth-order valence-electron chi connectivity index (χ4n) is 3.36. The summed E-state index contributed by atoms with van der Waals surface area (Å²) in [5.41, 5.74) is 4.02. The van der Waals surface area contributed by atoms with Crippen molar-refractivity contribution in [2.24, 2.45) is 0 Å². The number of hydrogen-bond acceptors (Lipinski definition) is 0. The van der Waals surface area contributed by atoms with Gasteiger partial charge in [-0.05, 0) is 69.3 Å². The van der Waals surface area contributed by atoms with Crippen LogP contribution in [0.1, 0.15) is 50.1 Å². The Morgan fingerprint density at radius 2 is 0.694 bits per heavy atom. The molecule has 0 aliphatic rings. The van der Waals surface area contributed by atoms with E-state index < -0.39 is 23.0 Å². The minimum atomic E-state index is -1.35. The minimum absolute atomic E-state index is 0.0838. The molecule has 0 atom stereocenters. The molecule has 0 aliphatic carbocycles. The molecule has 4 aromatic rings. The number of halogens is 3. The highest BCUT2D eigenvalue weighted by atomic mass is 19.2. The van der Waals surface area contributed by atoms with Gasteiger partial charge in [-0.25, -0.2) is 13.2 Å². The molecule has 0 fully saturated rings. The molecule has 174 valence electrons. The first-order valence-corrected chi connectivity index (χ1v) is 11.3. The lowest BCUT2D eigenvalue weighted by molar-refractivity contribution is 0.486. The Hall–Kier alpha value is -4.65. The second kappa shape index (κ2) is 10.7. The van der Waals surface area contributed by atoms with Crippen LogP contribution in [0.15, 0.2) is 72.8 Å². The van der Waals surface area contributed by atoms with Crippen LogP contribution in [-0.4, -0.2) is 0 Å². The molecule has 3 heteroatoms. The van der Waals surface area contributed by atoms with Gasteiger partial charge in [-0.1, -0.05) is 70.9 Å². The lowest BCUT2D eigenvalue weighted by Gasteiger charge is -2.07. The maximum Gasteiger partial charge on any atom is 0.178 e. The van der Waals surface area contributed by atoms with E-state index in [1.165, 1.54) is 6.92 Å². The van der Waals surface area contributed by atoms with Gasteiger partial charge >= 0.3 is 0 Å². The Bertz CT molecular complexity index is 1580. The van der Waals surface area contributed by atoms with Gasteiger partial charge in [0.15, 0.2) is 11.6 Å². The maximum atomic E-state index is 14.9. The van der Waals surface area contributed by atoms with Crippen LogP contribution < -0.4 is 0 Å². The van der Waals surface area contributed by atoms with E-state index in [4.69, 9.17) is 0 Å². The first-order valence-electron chi connectivity index (χ1n) is 11.3. The van der Waals surface area contributed by atoms with Crippen molar-refractivity contribution in [2.45, 2.75) is 20.8 Å². The average Bonchev–Trinajstić information content (AvgIpc) is 2.89. The average molecular weight is 475 g/mol. The standard InChI is InChI=1S/C33H21F3/c1-22-4-8-25(9-5-22)12-13-27-14-16-28(17-15-27)19-21-30-31(34)24(3)29(32(35)33(30)36)20-18-26-10-6-23(2)7-11-26/h4-11,14-17H,1-3H3. The van der Waals surface area contributed by atoms with Crippen molar-refractivity contribution in [1.82, 2.24) is 0 Å². The van der Waals surface area contributed by atoms with Gasteiger partial charge in [0.25, 0.3) is 0 Å². The Morgan fingerprint density at radius 3 is 1.11 bits per heavy atom. The molecule has 0 heterocycles. The molecular weight excluding hydrogens is 453 g/mol. The van der Waals surface area contributed by atoms with Gasteiger partial charge in [0, 0.05) is 27.8 Å². The SMILES string of the molecule is Cc1ccc(C#Cc2ccc(C#Cc3c(F)c(C)c(C#Cc4ccc(C)cc4)c(F)c3F)cc2)cc1. The molecule has 0 bridgehead atoms. The predicted molar refractivity (Wildman–Crippen MR) is 138 cm³/mol. The summed E-state index contributed by atoms with van der Waals surface area (Å²) in [5, 5.41) is 0. The Kier molecular flexibility index (Phi) is 7.30. The molecule has 0 N–H and O–H groups in total. The van der Waals surface area contributed by atoms with Crippen LogP contribution in [0, 0.1) is 73.7 Å². The van der Waals surface area contributed by atoms with Crippen molar-refractivity contribution in [2.75, 3.05) is 0 Å². The Morgan fingerprint density at radius 1 is 0.389 bits per heavy atom. The molecule has 0 saturated carbocycles. The molecule has 0 unspecified atom stereocenters. The first kappa shape index (κ1) is 24.5. The summed E-state index contributed by atoms with van der Waals surface area (Å²) in [4.78, 5) is 0. The number of benzene rings is 4. The zero-order valence-corrected chi connectivity index (χ0v) is 20.1. The normalized spacial score (nSPS) is 9.83. The second-order valence-electron chi connectivity index (χ2n) is 8.38. The summed E-state index contributed by atoms with van der Waals surface area (Å²) in [6.07, 6.45) is 0. The quantitative estimate of drug-likeness (QED) is 0.186. The van der Waals surface area contributed by atoms with Gasteiger partial charge in [-0.2, -0.15) is 0 Å². The Balaban J connectivity index is 1.58. The highest BCUT2D eigenvalue weighted by Crippen LogP contribution is 2.24. The third kappa shape index (κ3) is 5.70. The van der Waals surface area contributed by atoms with Crippen molar-refractivity contribution in [3.63, 3.8) is 0 Å². The van der Waals surface area contributed by atoms with Gasteiger partial charge < -0.3 is 0 Å². The largest absolute Gasteiger partial charge is 0.205 e. The molecule has 0 nitrogen and oxygen atoms in total. The molecule has 4 aromatic carbocycles. The van der Waals surface area contributed by atoms with Gasteiger partial charge in [0.2, 0.25) is 0 Å². The topological polar surface area (TPSA) is 0 Å². The number of rotatable bonds is 0. The summed E-state index contributed by atoms with van der Waals surface area (Å²) in [7, 11) is 0. The molecule has 0 aliphatic heterocycles. The van der Waals surface area contributed by atoms with Gasteiger partial charge in [0.1, 0.15) is 5.82 Å². The van der Waals surface area contributed by atoms with Crippen LogP contribution in [0.5, 0.6) is 0 Å². The fraction of sp³-hybridized carbons (Fsp3) is 0.0909. The first-order chi connectivity index (χ1) is 17.3. The smallest absolute Gasteiger partial charge is 0.178 e. The van der Waals surface area contributed by atoms with Crippen molar-refractivity contribution in [3.05, 3.63) is 140 Å². The molecule has 0 spiro atoms. The van der Waals surface area contributed by atoms with E-state index >= 15 is 0 Å². The number of hydrogen-bond donors (Lipinski definition) is 0. The highest BCUT2D eigenvalue weighted by molar-refractivity contribution is 5.54. The lowest BCUT2D eigenvalue weighted by Crippen LogP contribution is -2.03. The molecule has 0 saturated heterocycles. The molecule has 0 radical (unpaired) electrons. The van der Waals surface area contributed by atoms with Crippen LogP contribution in [0.4, 0.5) is 13.2 Å². The van der Waals surface area contributed by atoms with E-state index in [2.05, 4.69) is 35.5 Å². The van der Waals surface area contributed by atoms with Crippen molar-refractivity contribution in [3.8, 4) is 35.5 Å². The molecule has 0 aromatic heterocycles. The van der Waals surface area contributed by atoms with Crippen LogP contribution in [0.3, 0.4) is 0 Å². The van der Waals surface area contributed by atoms with E-state index in [0.717, 1.165) is 22.3 Å². The van der Waals surface area contributed by atoms with Crippen LogP contribution in [0.25, 0.3) is 0 Å². The van der Waals surface area contributed by atoms with Crippen molar-refractivity contribution in [1.29, 1.82) is 0 Å².